The van der Waals surface area contributed by atoms with Crippen molar-refractivity contribution in [3.8, 4) is 0 Å². The van der Waals surface area contributed by atoms with Gasteiger partial charge in [-0.2, -0.15) is 0 Å². The molecule has 0 nitrogen and oxygen atoms in total. The maximum absolute atomic E-state index is 3.68. The van der Waals surface area contributed by atoms with E-state index >= 15 is 0 Å². The maximum Gasteiger partial charge on any atom is 1.00 e. The van der Waals surface area contributed by atoms with Crippen LogP contribution in [0.5, 0.6) is 0 Å². The Hall–Kier alpha value is 0.986. The van der Waals surface area contributed by atoms with Crippen molar-refractivity contribution >= 4 is 0 Å². The molecule has 0 atom stereocenters. The summed E-state index contributed by atoms with van der Waals surface area (Å²) in [6, 6.07) is 0. The van der Waals surface area contributed by atoms with Gasteiger partial charge in [-0.15, -0.1) is 12.2 Å². The molecular weight excluding hydrogens is 123 g/mol. The van der Waals surface area contributed by atoms with E-state index in [0.29, 0.717) is 0 Å². The van der Waals surface area contributed by atoms with Crippen LogP contribution >= 0.6 is 0 Å². The number of hydrogen-bond acceptors (Lipinski definition) is 0. The van der Waals surface area contributed by atoms with Gasteiger partial charge in [-0.3, -0.25) is 0 Å². The molecule has 8 heavy (non-hydrogen) atoms. The monoisotopic (exact) mass is 134 g/mol. The Bertz CT molecular complexity index is 97.0. The molecule has 0 aromatic rings. The molecule has 0 aromatic heterocycles. The molecule has 0 aliphatic heterocycles. The molecule has 0 aliphatic rings. The van der Waals surface area contributed by atoms with Crippen LogP contribution in [0, 0.1) is 6.92 Å². The van der Waals surface area contributed by atoms with Gasteiger partial charge in [0, 0.05) is 0 Å². The molecule has 0 N–H and O–H groups in total. The van der Waals surface area contributed by atoms with E-state index in [1.54, 1.807) is 0 Å². The Kier molecular flexibility index (Phi) is 8.97. The van der Waals surface area contributed by atoms with E-state index in [4.69, 9.17) is 0 Å². The van der Waals surface area contributed by atoms with Gasteiger partial charge in [0.25, 0.3) is 0 Å². The zero-order valence-corrected chi connectivity index (χ0v) is 9.11. The van der Waals surface area contributed by atoms with Crippen molar-refractivity contribution in [3.05, 3.63) is 30.7 Å². The van der Waals surface area contributed by atoms with Crippen LogP contribution in [0.15, 0.2) is 23.8 Å². The summed E-state index contributed by atoms with van der Waals surface area (Å²) >= 11 is 0. The van der Waals surface area contributed by atoms with E-state index in [9.17, 15) is 0 Å². The standard InChI is InChI=1S/C7H11.K/c1-6(2)5-7(3)4;/h5H,1,3H2,2,4H3;/q-1;+1. The van der Waals surface area contributed by atoms with Gasteiger partial charge < -0.3 is 0 Å². The predicted molar refractivity (Wildman–Crippen MR) is 33.9 cm³/mol. The van der Waals surface area contributed by atoms with Crippen LogP contribution in [0.4, 0.5) is 0 Å². The summed E-state index contributed by atoms with van der Waals surface area (Å²) in [4.78, 5) is 0. The minimum atomic E-state index is 0. The largest absolute Gasteiger partial charge is 1.00 e. The summed E-state index contributed by atoms with van der Waals surface area (Å²) in [6.45, 7) is 11.3. The van der Waals surface area contributed by atoms with Crippen molar-refractivity contribution in [2.75, 3.05) is 0 Å². The Morgan fingerprint density at radius 1 is 1.50 bits per heavy atom. The van der Waals surface area contributed by atoms with Crippen LogP contribution in [-0.2, 0) is 0 Å². The minimum absolute atomic E-state index is 0. The zero-order valence-electron chi connectivity index (χ0n) is 5.99. The summed E-state index contributed by atoms with van der Waals surface area (Å²) in [7, 11) is 0. The Morgan fingerprint density at radius 3 is 1.88 bits per heavy atom. The molecule has 0 unspecified atom stereocenters. The average Bonchev–Trinajstić information content (AvgIpc) is 1.27. The van der Waals surface area contributed by atoms with E-state index in [1.165, 1.54) is 0 Å². The van der Waals surface area contributed by atoms with Crippen molar-refractivity contribution in [1.29, 1.82) is 0 Å². The van der Waals surface area contributed by atoms with Gasteiger partial charge in [0.05, 0.1) is 0 Å². The van der Waals surface area contributed by atoms with Gasteiger partial charge in [-0.05, 0) is 0 Å². The second-order valence-electron chi connectivity index (χ2n) is 1.84. The normalized spacial score (nSPS) is 10.0. The summed E-state index contributed by atoms with van der Waals surface area (Å²) in [5, 5.41) is 0. The molecule has 0 aliphatic carbocycles. The van der Waals surface area contributed by atoms with Crippen LogP contribution in [0.2, 0.25) is 0 Å². The quantitative estimate of drug-likeness (QED) is 0.254. The Balaban J connectivity index is 0. The van der Waals surface area contributed by atoms with Crippen LogP contribution in [0.1, 0.15) is 13.8 Å². The first-order valence-electron chi connectivity index (χ1n) is 2.28. The van der Waals surface area contributed by atoms with Gasteiger partial charge in [0.1, 0.15) is 0 Å². The van der Waals surface area contributed by atoms with Gasteiger partial charge in [0.2, 0.25) is 0 Å². The van der Waals surface area contributed by atoms with E-state index < -0.39 is 0 Å². The van der Waals surface area contributed by atoms with Crippen LogP contribution in [0.3, 0.4) is 0 Å². The number of rotatable bonds is 1. The van der Waals surface area contributed by atoms with E-state index in [-0.39, 0.29) is 51.4 Å². The molecule has 1 heteroatoms. The number of allylic oxidation sites excluding steroid dienone is 3. The zero-order chi connectivity index (χ0) is 5.86. The molecule has 0 amide bonds. The molecular formula is C7H11K. The van der Waals surface area contributed by atoms with E-state index in [2.05, 4.69) is 13.5 Å². The van der Waals surface area contributed by atoms with Crippen molar-refractivity contribution in [1.82, 2.24) is 0 Å². The fourth-order valence-electron chi connectivity index (χ4n) is 0.421. The molecule has 0 aromatic carbocycles. The molecule has 0 radical (unpaired) electrons. The SMILES string of the molecule is C=C(C)C=C([CH2-])C.[K+]. The van der Waals surface area contributed by atoms with Crippen molar-refractivity contribution in [3.63, 3.8) is 0 Å². The van der Waals surface area contributed by atoms with Gasteiger partial charge in [-0.25, -0.2) is 18.6 Å². The summed E-state index contributed by atoms with van der Waals surface area (Å²) in [5.41, 5.74) is 2.12. The maximum atomic E-state index is 3.68. The first-order chi connectivity index (χ1) is 3.13. The van der Waals surface area contributed by atoms with Crippen LogP contribution in [0.25, 0.3) is 0 Å². The van der Waals surface area contributed by atoms with E-state index in [1.807, 2.05) is 19.9 Å². The van der Waals surface area contributed by atoms with Crippen molar-refractivity contribution < 1.29 is 51.4 Å². The molecule has 0 saturated heterocycles. The third-order valence-electron chi connectivity index (χ3n) is 0.493. The molecule has 40 valence electrons. The molecule has 0 spiro atoms. The average molecular weight is 134 g/mol. The molecule has 0 saturated carbocycles. The third kappa shape index (κ3) is 10.1. The smallest absolute Gasteiger partial charge is 0.242 e. The fraction of sp³-hybridized carbons (Fsp3) is 0.286. The first-order valence-corrected chi connectivity index (χ1v) is 2.28. The molecule has 0 bridgehead atoms. The topological polar surface area (TPSA) is 0 Å². The Morgan fingerprint density at radius 2 is 1.88 bits per heavy atom. The Labute approximate surface area is 94.5 Å². The third-order valence-corrected chi connectivity index (χ3v) is 0.493. The van der Waals surface area contributed by atoms with Gasteiger partial charge in [-0.1, -0.05) is 13.8 Å². The second kappa shape index (κ2) is 6.11. The molecule has 0 rings (SSSR count). The summed E-state index contributed by atoms with van der Waals surface area (Å²) in [6.07, 6.45) is 1.94. The number of hydrogen-bond donors (Lipinski definition) is 0. The van der Waals surface area contributed by atoms with Crippen molar-refractivity contribution in [2.24, 2.45) is 0 Å². The minimum Gasteiger partial charge on any atom is -0.242 e. The summed E-state index contributed by atoms with van der Waals surface area (Å²) < 4.78 is 0. The second-order valence-corrected chi connectivity index (χ2v) is 1.84. The predicted octanol–water partition coefficient (Wildman–Crippen LogP) is -0.653. The van der Waals surface area contributed by atoms with Crippen molar-refractivity contribution in [2.45, 2.75) is 13.8 Å². The first kappa shape index (κ1) is 11.7. The van der Waals surface area contributed by atoms with Gasteiger partial charge >= 0.3 is 51.4 Å². The van der Waals surface area contributed by atoms with Crippen LogP contribution < -0.4 is 51.4 Å². The fourth-order valence-corrected chi connectivity index (χ4v) is 0.421. The van der Waals surface area contributed by atoms with Gasteiger partial charge in [0.15, 0.2) is 0 Å². The van der Waals surface area contributed by atoms with E-state index in [0.717, 1.165) is 11.1 Å². The van der Waals surface area contributed by atoms with Crippen LogP contribution in [-0.4, -0.2) is 0 Å². The molecule has 0 heterocycles. The molecule has 0 fully saturated rings. The summed E-state index contributed by atoms with van der Waals surface area (Å²) in [5.74, 6) is 0.